The van der Waals surface area contributed by atoms with Crippen LogP contribution in [0.25, 0.3) is 0 Å². The smallest absolute Gasteiger partial charge is 0.428 e. The van der Waals surface area contributed by atoms with E-state index < -0.39 is 29.5 Å². The summed E-state index contributed by atoms with van der Waals surface area (Å²) in [4.78, 5) is 50.4. The van der Waals surface area contributed by atoms with Crippen LogP contribution in [0.5, 0.6) is 0 Å². The van der Waals surface area contributed by atoms with E-state index in [1.165, 1.54) is 18.0 Å². The molecule has 1 N–H and O–H groups in total. The minimum absolute atomic E-state index is 0.198. The lowest BCUT2D eigenvalue weighted by Gasteiger charge is -2.26. The summed E-state index contributed by atoms with van der Waals surface area (Å²) in [6.45, 7) is 10.3. The fourth-order valence-corrected chi connectivity index (χ4v) is 2.64. The molecular formula is C22H33N3O7. The van der Waals surface area contributed by atoms with Crippen LogP contribution in [0, 0.1) is 6.92 Å². The first-order valence-electron chi connectivity index (χ1n) is 10.3. The van der Waals surface area contributed by atoms with Crippen molar-refractivity contribution in [1.82, 2.24) is 10.4 Å². The van der Waals surface area contributed by atoms with Gasteiger partial charge in [0.1, 0.15) is 18.7 Å². The number of hydrogen-bond acceptors (Lipinski definition) is 8. The summed E-state index contributed by atoms with van der Waals surface area (Å²) in [5.41, 5.74) is 3.17. The van der Waals surface area contributed by atoms with Crippen molar-refractivity contribution in [2.45, 2.75) is 47.1 Å². The molecule has 0 radical (unpaired) electrons. The molecule has 2 amide bonds. The molecule has 1 aromatic rings. The minimum atomic E-state index is -0.718. The van der Waals surface area contributed by atoms with Crippen molar-refractivity contribution in [2.75, 3.05) is 38.3 Å². The van der Waals surface area contributed by atoms with E-state index in [0.29, 0.717) is 5.69 Å². The molecule has 0 atom stereocenters. The third-order valence-corrected chi connectivity index (χ3v) is 4.00. The topological polar surface area (TPSA) is 114 Å². The van der Waals surface area contributed by atoms with E-state index in [-0.39, 0.29) is 31.9 Å². The Kier molecular flexibility index (Phi) is 9.96. The number of carbonyl (C=O) groups is 4. The number of rotatable bonds is 8. The average Bonchev–Trinajstić information content (AvgIpc) is 2.66. The number of anilines is 1. The number of benzene rings is 1. The third kappa shape index (κ3) is 8.83. The maximum atomic E-state index is 12.7. The monoisotopic (exact) mass is 451 g/mol. The van der Waals surface area contributed by atoms with Crippen LogP contribution in [0.2, 0.25) is 0 Å². The zero-order valence-electron chi connectivity index (χ0n) is 19.8. The fraction of sp³-hybridized carbons (Fsp3) is 0.545. The molecule has 0 spiro atoms. The lowest BCUT2D eigenvalue weighted by Crippen LogP contribution is -2.45. The molecule has 0 saturated carbocycles. The Bertz CT molecular complexity index is 813. The summed E-state index contributed by atoms with van der Waals surface area (Å²) in [6.07, 6.45) is -0.718. The van der Waals surface area contributed by atoms with Crippen LogP contribution in [0.3, 0.4) is 0 Å². The van der Waals surface area contributed by atoms with Crippen molar-refractivity contribution in [1.29, 1.82) is 0 Å². The largest absolute Gasteiger partial charge is 0.465 e. The SMILES string of the molecule is CCOC(=O)CN(CC(=O)OCC)c1cc(C(=O)NN(C)C(=O)OC(C)(C)C)ccc1C. The number of carbonyl (C=O) groups excluding carboxylic acids is 4. The molecule has 1 rings (SSSR count). The Hall–Kier alpha value is -3.30. The molecule has 10 heteroatoms. The van der Waals surface area contributed by atoms with Crippen LogP contribution in [0.15, 0.2) is 18.2 Å². The summed E-state index contributed by atoms with van der Waals surface area (Å²) in [5, 5.41) is 0.947. The van der Waals surface area contributed by atoms with Gasteiger partial charge in [-0.25, -0.2) is 9.80 Å². The molecule has 32 heavy (non-hydrogen) atoms. The number of hydrogen-bond donors (Lipinski definition) is 1. The predicted molar refractivity (Wildman–Crippen MR) is 118 cm³/mol. The Morgan fingerprint density at radius 2 is 1.50 bits per heavy atom. The molecule has 10 nitrogen and oxygen atoms in total. The molecule has 0 saturated heterocycles. The lowest BCUT2D eigenvalue weighted by atomic mass is 10.1. The molecule has 0 aliphatic carbocycles. The van der Waals surface area contributed by atoms with E-state index in [1.54, 1.807) is 53.7 Å². The highest BCUT2D eigenvalue weighted by Crippen LogP contribution is 2.22. The molecule has 0 aromatic heterocycles. The van der Waals surface area contributed by atoms with Crippen molar-refractivity contribution >= 4 is 29.6 Å². The number of esters is 2. The van der Waals surface area contributed by atoms with E-state index in [9.17, 15) is 19.2 Å². The maximum Gasteiger partial charge on any atom is 0.428 e. The van der Waals surface area contributed by atoms with E-state index in [2.05, 4.69) is 5.43 Å². The second kappa shape index (κ2) is 11.9. The van der Waals surface area contributed by atoms with Gasteiger partial charge in [0.2, 0.25) is 0 Å². The first kappa shape index (κ1) is 26.7. The molecule has 0 aliphatic rings. The molecule has 0 fully saturated rings. The standard InChI is InChI=1S/C22H33N3O7/c1-8-30-18(26)13-25(14-19(27)31-9-2)17-12-16(11-10-15(17)3)20(28)23-24(7)21(29)32-22(4,5)6/h10-12H,8-9,13-14H2,1-7H3,(H,23,28). The van der Waals surface area contributed by atoms with Gasteiger partial charge in [0.25, 0.3) is 5.91 Å². The zero-order valence-corrected chi connectivity index (χ0v) is 19.8. The quantitative estimate of drug-likeness (QED) is 0.364. The first-order chi connectivity index (χ1) is 14.9. The normalized spacial score (nSPS) is 10.7. The van der Waals surface area contributed by atoms with E-state index in [4.69, 9.17) is 14.2 Å². The molecule has 1 aromatic carbocycles. The van der Waals surface area contributed by atoms with Crippen molar-refractivity contribution in [3.63, 3.8) is 0 Å². The predicted octanol–water partition coefficient (Wildman–Crippen LogP) is 2.44. The second-order valence-electron chi connectivity index (χ2n) is 7.95. The van der Waals surface area contributed by atoms with Gasteiger partial charge in [0, 0.05) is 18.3 Å². The van der Waals surface area contributed by atoms with Crippen LogP contribution in [-0.2, 0) is 23.8 Å². The highest BCUT2D eigenvalue weighted by atomic mass is 16.6. The van der Waals surface area contributed by atoms with Crippen molar-refractivity contribution in [2.24, 2.45) is 0 Å². The number of hydrazine groups is 1. The summed E-state index contributed by atoms with van der Waals surface area (Å²) < 4.78 is 15.2. The summed E-state index contributed by atoms with van der Waals surface area (Å²) in [5.74, 6) is -1.60. The number of ether oxygens (including phenoxy) is 3. The van der Waals surface area contributed by atoms with Crippen LogP contribution >= 0.6 is 0 Å². The lowest BCUT2D eigenvalue weighted by molar-refractivity contribution is -0.142. The number of nitrogens with one attached hydrogen (secondary N) is 1. The van der Waals surface area contributed by atoms with E-state index >= 15 is 0 Å². The number of aryl methyl sites for hydroxylation is 1. The van der Waals surface area contributed by atoms with Crippen LogP contribution in [0.1, 0.15) is 50.5 Å². The van der Waals surface area contributed by atoms with Gasteiger partial charge < -0.3 is 19.1 Å². The van der Waals surface area contributed by atoms with Gasteiger partial charge in [-0.05, 0) is 59.2 Å². The van der Waals surface area contributed by atoms with Gasteiger partial charge in [-0.2, -0.15) is 0 Å². The Morgan fingerprint density at radius 3 is 1.97 bits per heavy atom. The minimum Gasteiger partial charge on any atom is -0.465 e. The van der Waals surface area contributed by atoms with Gasteiger partial charge in [-0.15, -0.1) is 0 Å². The van der Waals surface area contributed by atoms with Gasteiger partial charge in [0.05, 0.1) is 13.2 Å². The van der Waals surface area contributed by atoms with Crippen LogP contribution in [-0.4, -0.2) is 67.9 Å². The van der Waals surface area contributed by atoms with Gasteiger partial charge in [0.15, 0.2) is 0 Å². The molecule has 0 aliphatic heterocycles. The molecule has 0 unspecified atom stereocenters. The van der Waals surface area contributed by atoms with Crippen molar-refractivity contribution in [3.05, 3.63) is 29.3 Å². The average molecular weight is 452 g/mol. The Balaban J connectivity index is 3.11. The number of amides is 2. The van der Waals surface area contributed by atoms with Crippen molar-refractivity contribution in [3.8, 4) is 0 Å². The maximum absolute atomic E-state index is 12.7. The number of nitrogens with zero attached hydrogens (tertiary/aromatic N) is 2. The zero-order chi connectivity index (χ0) is 24.5. The van der Waals surface area contributed by atoms with Crippen LogP contribution < -0.4 is 10.3 Å². The second-order valence-corrected chi connectivity index (χ2v) is 7.95. The molecule has 0 heterocycles. The third-order valence-electron chi connectivity index (χ3n) is 4.00. The van der Waals surface area contributed by atoms with E-state index in [1.807, 2.05) is 0 Å². The first-order valence-corrected chi connectivity index (χ1v) is 10.3. The molecular weight excluding hydrogens is 418 g/mol. The highest BCUT2D eigenvalue weighted by molar-refractivity contribution is 5.96. The highest BCUT2D eigenvalue weighted by Gasteiger charge is 2.23. The summed E-state index contributed by atoms with van der Waals surface area (Å²) in [6, 6.07) is 4.79. The molecule has 0 bridgehead atoms. The van der Waals surface area contributed by atoms with E-state index in [0.717, 1.165) is 10.6 Å². The van der Waals surface area contributed by atoms with Gasteiger partial charge in [-0.1, -0.05) is 6.07 Å². The molecule has 178 valence electrons. The Morgan fingerprint density at radius 1 is 0.969 bits per heavy atom. The van der Waals surface area contributed by atoms with Crippen molar-refractivity contribution < 1.29 is 33.4 Å². The van der Waals surface area contributed by atoms with Crippen LogP contribution in [0.4, 0.5) is 10.5 Å². The summed E-state index contributed by atoms with van der Waals surface area (Å²) in [7, 11) is 1.37. The summed E-state index contributed by atoms with van der Waals surface area (Å²) >= 11 is 0. The Labute approximate surface area is 188 Å². The fourth-order valence-electron chi connectivity index (χ4n) is 2.64. The van der Waals surface area contributed by atoms with Gasteiger partial charge >= 0.3 is 18.0 Å². The van der Waals surface area contributed by atoms with Gasteiger partial charge in [-0.3, -0.25) is 19.8 Å².